The van der Waals surface area contributed by atoms with E-state index >= 15 is 0 Å². The summed E-state index contributed by atoms with van der Waals surface area (Å²) in [4.78, 5) is 2.35. The third-order valence-electron chi connectivity index (χ3n) is 7.34. The first-order valence-corrected chi connectivity index (χ1v) is 12.6. The van der Waals surface area contributed by atoms with Crippen LogP contribution in [0.15, 0.2) is 51.3 Å². The van der Waals surface area contributed by atoms with Gasteiger partial charge in [-0.3, -0.25) is 0 Å². The van der Waals surface area contributed by atoms with Gasteiger partial charge < -0.3 is 23.6 Å². The molecule has 1 unspecified atom stereocenters. The molecule has 0 radical (unpaired) electrons. The van der Waals surface area contributed by atoms with Gasteiger partial charge in [-0.05, 0) is 79.9 Å². The average molecular weight is 474 g/mol. The number of aromatic nitrogens is 2. The summed E-state index contributed by atoms with van der Waals surface area (Å²) >= 11 is 0. The Morgan fingerprint density at radius 2 is 1.91 bits per heavy atom. The summed E-state index contributed by atoms with van der Waals surface area (Å²) in [6.07, 6.45) is 5.48. The fraction of sp³-hybridized carbons (Fsp3) is 0.429. The van der Waals surface area contributed by atoms with E-state index in [2.05, 4.69) is 33.3 Å². The van der Waals surface area contributed by atoms with Crippen LogP contribution >= 0.6 is 0 Å². The van der Waals surface area contributed by atoms with Crippen LogP contribution in [0.3, 0.4) is 0 Å². The van der Waals surface area contributed by atoms with E-state index in [1.54, 1.807) is 18.1 Å². The maximum Gasteiger partial charge on any atom is 0.283 e. The number of nitrogens with zero attached hydrogens (tertiary/aromatic N) is 3. The fourth-order valence-electron chi connectivity index (χ4n) is 5.49. The number of rotatable bonds is 7. The van der Waals surface area contributed by atoms with E-state index in [4.69, 9.17) is 13.6 Å². The molecule has 4 aromatic rings. The Hall–Kier alpha value is -3.16. The summed E-state index contributed by atoms with van der Waals surface area (Å²) < 4.78 is 17.3. The fourth-order valence-corrected chi connectivity index (χ4v) is 5.49. The molecule has 1 N–H and O–H groups in total. The Morgan fingerprint density at radius 1 is 1.06 bits per heavy atom. The molecule has 7 heteroatoms. The van der Waals surface area contributed by atoms with Crippen LogP contribution in [0, 0.1) is 6.92 Å². The number of aliphatic hydroxyl groups is 1. The maximum atomic E-state index is 10.7. The minimum absolute atomic E-state index is 0.226. The maximum absolute atomic E-state index is 10.7. The molecule has 2 aliphatic rings. The molecular weight excluding hydrogens is 442 g/mol. The van der Waals surface area contributed by atoms with Gasteiger partial charge in [0.05, 0.1) is 5.39 Å². The predicted molar refractivity (Wildman–Crippen MR) is 133 cm³/mol. The van der Waals surface area contributed by atoms with Crippen molar-refractivity contribution in [2.45, 2.75) is 51.0 Å². The average Bonchev–Trinajstić information content (AvgIpc) is 3.62. The number of furan rings is 1. The molecular formula is C28H31N3O4. The standard InChI is InChI=1S/C28H31N3O4/c1-18-29-30-28(34-18)27-15-24-25(6-3-7-26(24)35-27)33-17-23(32)16-31-12-10-20(11-13-31)22-9-8-19-4-2-5-21(19)14-22/h3,6-9,14-15,20,23,32H,2,4-5,10-13,16-17H2,1H3. The van der Waals surface area contributed by atoms with Crippen LogP contribution in [0.25, 0.3) is 22.6 Å². The Labute approximate surface area is 204 Å². The number of likely N-dealkylation sites (tertiary alicyclic amines) is 1. The van der Waals surface area contributed by atoms with Gasteiger partial charge in [0, 0.05) is 19.5 Å². The lowest BCUT2D eigenvalue weighted by Crippen LogP contribution is -2.40. The summed E-state index contributed by atoms with van der Waals surface area (Å²) in [5.41, 5.74) is 5.28. The predicted octanol–water partition coefficient (Wildman–Crippen LogP) is 4.90. The Kier molecular flexibility index (Phi) is 6.04. The number of aliphatic hydroxyl groups excluding tert-OH is 1. The van der Waals surface area contributed by atoms with Crippen molar-refractivity contribution >= 4 is 11.0 Å². The second kappa shape index (κ2) is 9.47. The number of aryl methyl sites for hydroxylation is 3. The monoisotopic (exact) mass is 473 g/mol. The highest BCUT2D eigenvalue weighted by atomic mass is 16.5. The van der Waals surface area contributed by atoms with Crippen molar-refractivity contribution in [3.05, 3.63) is 65.0 Å². The zero-order chi connectivity index (χ0) is 23.8. The zero-order valence-corrected chi connectivity index (χ0v) is 20.1. The first-order chi connectivity index (χ1) is 17.1. The minimum Gasteiger partial charge on any atom is -0.490 e. The highest BCUT2D eigenvalue weighted by molar-refractivity contribution is 5.87. The Bertz CT molecular complexity index is 1320. The van der Waals surface area contributed by atoms with Crippen LogP contribution in [-0.2, 0) is 12.8 Å². The Morgan fingerprint density at radius 3 is 2.74 bits per heavy atom. The second-order valence-corrected chi connectivity index (χ2v) is 9.83. The molecule has 182 valence electrons. The summed E-state index contributed by atoms with van der Waals surface area (Å²) in [7, 11) is 0. The third-order valence-corrected chi connectivity index (χ3v) is 7.34. The molecule has 0 saturated carbocycles. The van der Waals surface area contributed by atoms with Crippen LogP contribution in [0.4, 0.5) is 0 Å². The van der Waals surface area contributed by atoms with Gasteiger partial charge in [0.15, 0.2) is 5.76 Å². The SMILES string of the molecule is Cc1nnc(-c2cc3c(OCC(O)CN4CCC(c5ccc6c(c5)CCC6)CC4)cccc3o2)o1. The molecule has 6 rings (SSSR count). The lowest BCUT2D eigenvalue weighted by atomic mass is 9.88. The molecule has 1 atom stereocenters. The number of β-amino-alcohol motifs (C(OH)–C–C–N with tert-alkyl or cyclic N) is 1. The van der Waals surface area contributed by atoms with Crippen molar-refractivity contribution in [2.75, 3.05) is 26.2 Å². The number of ether oxygens (including phenoxy) is 1. The molecule has 1 aliphatic carbocycles. The number of piperidine rings is 1. The van der Waals surface area contributed by atoms with Crippen LogP contribution in [0.5, 0.6) is 5.75 Å². The van der Waals surface area contributed by atoms with Crippen molar-refractivity contribution < 1.29 is 18.7 Å². The van der Waals surface area contributed by atoms with Gasteiger partial charge in [0.1, 0.15) is 24.0 Å². The van der Waals surface area contributed by atoms with Crippen LogP contribution in [0.2, 0.25) is 0 Å². The van der Waals surface area contributed by atoms with Crippen molar-refractivity contribution in [3.8, 4) is 17.4 Å². The molecule has 2 aromatic carbocycles. The lowest BCUT2D eigenvalue weighted by Gasteiger charge is -2.33. The van der Waals surface area contributed by atoms with E-state index in [-0.39, 0.29) is 6.61 Å². The number of fused-ring (bicyclic) bond motifs is 2. The summed E-state index contributed by atoms with van der Waals surface area (Å²) in [5.74, 6) is 2.62. The molecule has 1 fully saturated rings. The number of hydrogen-bond acceptors (Lipinski definition) is 7. The lowest BCUT2D eigenvalue weighted by molar-refractivity contribution is 0.0599. The molecule has 0 amide bonds. The molecule has 3 heterocycles. The van der Waals surface area contributed by atoms with Gasteiger partial charge >= 0.3 is 0 Å². The smallest absolute Gasteiger partial charge is 0.283 e. The van der Waals surface area contributed by atoms with Gasteiger partial charge in [-0.25, -0.2) is 0 Å². The van der Waals surface area contributed by atoms with E-state index in [1.165, 1.54) is 24.8 Å². The molecule has 7 nitrogen and oxygen atoms in total. The van der Waals surface area contributed by atoms with E-state index in [9.17, 15) is 5.11 Å². The van der Waals surface area contributed by atoms with Gasteiger partial charge in [-0.2, -0.15) is 0 Å². The number of benzene rings is 2. The topological polar surface area (TPSA) is 84.8 Å². The van der Waals surface area contributed by atoms with Crippen molar-refractivity contribution in [3.63, 3.8) is 0 Å². The van der Waals surface area contributed by atoms with Crippen LogP contribution in [-0.4, -0.2) is 52.5 Å². The molecule has 1 aliphatic heterocycles. The van der Waals surface area contributed by atoms with E-state index in [0.29, 0.717) is 41.3 Å². The summed E-state index contributed by atoms with van der Waals surface area (Å²) in [6, 6.07) is 14.6. The summed E-state index contributed by atoms with van der Waals surface area (Å²) in [6.45, 7) is 4.59. The van der Waals surface area contributed by atoms with Gasteiger partial charge in [-0.1, -0.05) is 24.3 Å². The highest BCUT2D eigenvalue weighted by Gasteiger charge is 2.24. The van der Waals surface area contributed by atoms with E-state index < -0.39 is 6.10 Å². The molecule has 0 bridgehead atoms. The third kappa shape index (κ3) is 4.70. The van der Waals surface area contributed by atoms with E-state index in [0.717, 1.165) is 31.3 Å². The quantitative estimate of drug-likeness (QED) is 0.409. The van der Waals surface area contributed by atoms with Crippen LogP contribution in [0.1, 0.15) is 47.8 Å². The van der Waals surface area contributed by atoms with Crippen LogP contribution < -0.4 is 4.74 Å². The van der Waals surface area contributed by atoms with Crippen molar-refractivity contribution in [2.24, 2.45) is 0 Å². The van der Waals surface area contributed by atoms with Crippen molar-refractivity contribution in [1.29, 1.82) is 0 Å². The normalized spacial score (nSPS) is 17.7. The number of hydrogen-bond donors (Lipinski definition) is 1. The largest absolute Gasteiger partial charge is 0.490 e. The zero-order valence-electron chi connectivity index (χ0n) is 20.1. The summed E-state index contributed by atoms with van der Waals surface area (Å²) in [5, 5.41) is 19.4. The first-order valence-electron chi connectivity index (χ1n) is 12.6. The van der Waals surface area contributed by atoms with Gasteiger partial charge in [0.25, 0.3) is 5.89 Å². The van der Waals surface area contributed by atoms with Gasteiger partial charge in [0.2, 0.25) is 5.89 Å². The first kappa shape index (κ1) is 22.3. The van der Waals surface area contributed by atoms with Gasteiger partial charge in [-0.15, -0.1) is 10.2 Å². The molecule has 35 heavy (non-hydrogen) atoms. The molecule has 2 aromatic heterocycles. The second-order valence-electron chi connectivity index (χ2n) is 9.83. The highest BCUT2D eigenvalue weighted by Crippen LogP contribution is 2.34. The van der Waals surface area contributed by atoms with Crippen molar-refractivity contribution in [1.82, 2.24) is 15.1 Å². The molecule has 0 spiro atoms. The Balaban J connectivity index is 1.03. The molecule has 1 saturated heterocycles. The van der Waals surface area contributed by atoms with E-state index in [1.807, 2.05) is 24.3 Å². The minimum atomic E-state index is -0.563.